The van der Waals surface area contributed by atoms with Crippen LogP contribution >= 0.6 is 0 Å². The molecule has 1 saturated heterocycles. The lowest BCUT2D eigenvalue weighted by atomic mass is 9.86. The number of carbonyl (C=O) groups excluding carboxylic acids is 3. The van der Waals surface area contributed by atoms with Crippen LogP contribution in [0.3, 0.4) is 0 Å². The predicted molar refractivity (Wildman–Crippen MR) is 188 cm³/mol. The van der Waals surface area contributed by atoms with Crippen molar-refractivity contribution < 1.29 is 23.9 Å². The highest BCUT2D eigenvalue weighted by Gasteiger charge is 2.59. The number of nitrogens with zero attached hydrogens (tertiary/aromatic N) is 4. The minimum atomic E-state index is -1.55. The number of aryl methyl sites for hydroxylation is 1. The molecule has 1 fully saturated rings. The smallest absolute Gasteiger partial charge is 0.330 e. The molecule has 5 rings (SSSR count). The molecule has 48 heavy (non-hydrogen) atoms. The summed E-state index contributed by atoms with van der Waals surface area (Å²) < 4.78 is 11.7. The van der Waals surface area contributed by atoms with E-state index in [-0.39, 0.29) is 38.9 Å². The summed E-state index contributed by atoms with van der Waals surface area (Å²) in [4.78, 5) is 51.6. The average molecular weight is 663 g/mol. The van der Waals surface area contributed by atoms with Crippen LogP contribution in [0.25, 0.3) is 11.3 Å². The molecule has 3 heterocycles. The number of amides is 4. The highest BCUT2D eigenvalue weighted by atomic mass is 28.3. The summed E-state index contributed by atoms with van der Waals surface area (Å²) >= 11 is 0. The molecule has 2 aliphatic rings. The largest absolute Gasteiger partial charge is 0.481 e. The zero-order chi connectivity index (χ0) is 34.5. The van der Waals surface area contributed by atoms with E-state index in [0.717, 1.165) is 33.3 Å². The number of imide groups is 1. The number of urea groups is 1. The van der Waals surface area contributed by atoms with Crippen molar-refractivity contribution in [1.82, 2.24) is 19.7 Å². The van der Waals surface area contributed by atoms with Gasteiger partial charge in [-0.15, -0.1) is 11.8 Å². The molecule has 0 spiro atoms. The van der Waals surface area contributed by atoms with Crippen molar-refractivity contribution in [1.29, 1.82) is 0 Å². The number of carbonyl (C=O) groups is 3. The van der Waals surface area contributed by atoms with Crippen molar-refractivity contribution in [3.05, 3.63) is 83.0 Å². The first kappa shape index (κ1) is 34.4. The topological polar surface area (TPSA) is 92.3 Å². The zero-order valence-corrected chi connectivity index (χ0v) is 29.6. The maximum absolute atomic E-state index is 14.7. The van der Waals surface area contributed by atoms with E-state index in [1.54, 1.807) is 31.0 Å². The standard InChI is InChI=1S/C38H42N4O5Si/c1-7-9-19-42-37(45)41(27-46-21-22-48(4,5)6)36(44)38(42,31-14-11-29(12-15-31)34-23-28(3)17-18-39-34)26-40-25-30-13-16-32(47-20-10-8-2)24-33(30)35(40)43/h11-18,23-24H,19-22,25-27H2,1-6H3/t38-/m0/s1. The molecule has 2 aromatic carbocycles. The molecular formula is C38H42N4O5Si. The Bertz CT molecular complexity index is 1830. The van der Waals surface area contributed by atoms with E-state index in [1.165, 1.54) is 4.90 Å². The lowest BCUT2D eigenvalue weighted by Crippen LogP contribution is -2.54. The van der Waals surface area contributed by atoms with Crippen LogP contribution in [0, 0.1) is 30.6 Å². The Kier molecular flexibility index (Phi) is 10.4. The van der Waals surface area contributed by atoms with Crippen molar-refractivity contribution >= 4 is 25.9 Å². The van der Waals surface area contributed by atoms with Gasteiger partial charge in [0.15, 0.2) is 5.54 Å². The zero-order valence-electron chi connectivity index (χ0n) is 28.6. The number of fused-ring (bicyclic) bond motifs is 1. The van der Waals surface area contributed by atoms with Gasteiger partial charge in [0, 0.05) is 38.5 Å². The molecule has 9 nitrogen and oxygen atoms in total. The van der Waals surface area contributed by atoms with Gasteiger partial charge in [0.05, 0.1) is 18.8 Å². The van der Waals surface area contributed by atoms with Crippen molar-refractivity contribution in [2.45, 2.75) is 58.5 Å². The summed E-state index contributed by atoms with van der Waals surface area (Å²) in [5.41, 5.74) is 3.07. The molecule has 1 aromatic heterocycles. The maximum atomic E-state index is 14.7. The van der Waals surface area contributed by atoms with E-state index in [0.29, 0.717) is 23.5 Å². The molecule has 0 radical (unpaired) electrons. The number of rotatable bonds is 12. The fourth-order valence-electron chi connectivity index (χ4n) is 5.90. The van der Waals surface area contributed by atoms with Crippen LogP contribution in [0.15, 0.2) is 60.8 Å². The van der Waals surface area contributed by atoms with Crippen LogP contribution < -0.4 is 4.74 Å². The van der Waals surface area contributed by atoms with Gasteiger partial charge in [-0.2, -0.15) is 0 Å². The van der Waals surface area contributed by atoms with Gasteiger partial charge in [0.2, 0.25) is 0 Å². The molecule has 248 valence electrons. The van der Waals surface area contributed by atoms with Crippen molar-refractivity contribution in [2.75, 3.05) is 33.0 Å². The van der Waals surface area contributed by atoms with Gasteiger partial charge in [-0.05, 0) is 67.8 Å². The molecule has 3 aromatic rings. The molecule has 0 unspecified atom stereocenters. The maximum Gasteiger partial charge on any atom is 0.330 e. The second-order valence-corrected chi connectivity index (χ2v) is 18.8. The molecule has 4 amide bonds. The fourth-order valence-corrected chi connectivity index (χ4v) is 6.66. The van der Waals surface area contributed by atoms with Gasteiger partial charge >= 0.3 is 6.03 Å². The quantitative estimate of drug-likeness (QED) is 0.104. The summed E-state index contributed by atoms with van der Waals surface area (Å²) in [7, 11) is -1.40. The van der Waals surface area contributed by atoms with E-state index in [1.807, 2.05) is 55.5 Å². The van der Waals surface area contributed by atoms with Gasteiger partial charge < -0.3 is 14.4 Å². The van der Waals surface area contributed by atoms with Gasteiger partial charge in [-0.25, -0.2) is 9.69 Å². The van der Waals surface area contributed by atoms with Gasteiger partial charge in [0.25, 0.3) is 11.8 Å². The summed E-state index contributed by atoms with van der Waals surface area (Å²) in [5, 5.41) is 0. The van der Waals surface area contributed by atoms with Crippen LogP contribution in [0.4, 0.5) is 4.79 Å². The van der Waals surface area contributed by atoms with Gasteiger partial charge in [-0.3, -0.25) is 19.5 Å². The molecule has 1 atom stereocenters. The second-order valence-electron chi connectivity index (χ2n) is 13.2. The molecule has 0 saturated carbocycles. The highest BCUT2D eigenvalue weighted by Crippen LogP contribution is 2.41. The van der Waals surface area contributed by atoms with Crippen molar-refractivity contribution in [3.63, 3.8) is 0 Å². The molecule has 0 bridgehead atoms. The van der Waals surface area contributed by atoms with Crippen molar-refractivity contribution in [3.8, 4) is 40.7 Å². The first-order valence-corrected chi connectivity index (χ1v) is 19.8. The number of hydrogen-bond donors (Lipinski definition) is 0. The van der Waals surface area contributed by atoms with Crippen LogP contribution in [0.5, 0.6) is 5.75 Å². The Morgan fingerprint density at radius 2 is 1.71 bits per heavy atom. The minimum Gasteiger partial charge on any atom is -0.481 e. The van der Waals surface area contributed by atoms with Crippen LogP contribution in [0.1, 0.15) is 40.9 Å². The fraction of sp³-hybridized carbons (Fsp3) is 0.368. The normalized spacial score (nSPS) is 17.2. The molecular weight excluding hydrogens is 621 g/mol. The number of ether oxygens (including phenoxy) is 2. The number of hydrogen-bond acceptors (Lipinski definition) is 6. The lowest BCUT2D eigenvalue weighted by molar-refractivity contribution is -0.137. The van der Waals surface area contributed by atoms with Crippen LogP contribution in [-0.4, -0.2) is 78.6 Å². The summed E-state index contributed by atoms with van der Waals surface area (Å²) in [6.45, 7) is 12.9. The lowest BCUT2D eigenvalue weighted by Gasteiger charge is -2.37. The number of benzene rings is 2. The van der Waals surface area contributed by atoms with Crippen LogP contribution in [-0.2, 0) is 21.6 Å². The molecule has 0 N–H and O–H groups in total. The average Bonchev–Trinajstić information content (AvgIpc) is 3.47. The second kappa shape index (κ2) is 14.5. The summed E-state index contributed by atoms with van der Waals surface area (Å²) in [6, 6.07) is 17.2. The first-order valence-electron chi connectivity index (χ1n) is 16.1. The highest BCUT2D eigenvalue weighted by molar-refractivity contribution is 6.76. The Balaban J connectivity index is 1.54. The Morgan fingerprint density at radius 3 is 2.40 bits per heavy atom. The third kappa shape index (κ3) is 7.16. The van der Waals surface area contributed by atoms with Crippen molar-refractivity contribution in [2.24, 2.45) is 0 Å². The van der Waals surface area contributed by atoms with Crippen LogP contribution in [0.2, 0.25) is 25.7 Å². The SMILES string of the molecule is CC#CCOc1ccc2c(c1)C(=O)N(C[C@]1(c3ccc(-c4cc(C)ccn4)cc3)C(=O)N(COCC[Si](C)(C)C)C(=O)N1CC#CC)C2. The Morgan fingerprint density at radius 1 is 0.958 bits per heavy atom. The molecule has 10 heteroatoms. The molecule has 2 aliphatic heterocycles. The number of aromatic nitrogens is 1. The number of pyridine rings is 1. The molecule has 0 aliphatic carbocycles. The summed E-state index contributed by atoms with van der Waals surface area (Å²) in [6.07, 6.45) is 1.76. The van der Waals surface area contributed by atoms with Gasteiger partial charge in [0.1, 0.15) is 19.1 Å². The Labute approximate surface area is 284 Å². The minimum absolute atomic E-state index is 0.000897. The monoisotopic (exact) mass is 662 g/mol. The third-order valence-electron chi connectivity index (χ3n) is 8.59. The first-order chi connectivity index (χ1) is 23.0. The van der Waals surface area contributed by atoms with E-state index in [9.17, 15) is 14.4 Å². The summed E-state index contributed by atoms with van der Waals surface area (Å²) in [5.74, 6) is 11.4. The third-order valence-corrected chi connectivity index (χ3v) is 10.3. The van der Waals surface area contributed by atoms with Gasteiger partial charge in [-0.1, -0.05) is 61.8 Å². The predicted octanol–water partition coefficient (Wildman–Crippen LogP) is 5.91. The Hall–Kier alpha value is -4.90. The van der Waals surface area contributed by atoms with E-state index < -0.39 is 25.6 Å². The van der Waals surface area contributed by atoms with E-state index in [2.05, 4.69) is 48.3 Å². The van der Waals surface area contributed by atoms with E-state index >= 15 is 0 Å². The van der Waals surface area contributed by atoms with E-state index in [4.69, 9.17) is 9.47 Å².